The summed E-state index contributed by atoms with van der Waals surface area (Å²) < 4.78 is 0. The topological polar surface area (TPSA) is 111 Å². The SMILES string of the molecule is CC(C)(C)C1CCc2nc3sc(C(=O)Nc4sc5c(c4C(N)=O)CCC5)c(N)c3cc2C1. The normalized spacial score (nSPS) is 17.9. The number of hydrogen-bond acceptors (Lipinski definition) is 6. The minimum atomic E-state index is -0.494. The number of anilines is 2. The Kier molecular flexibility index (Phi) is 5.05. The molecule has 1 atom stereocenters. The van der Waals surface area contributed by atoms with E-state index in [2.05, 4.69) is 32.2 Å². The van der Waals surface area contributed by atoms with Crippen LogP contribution in [0.4, 0.5) is 10.7 Å². The van der Waals surface area contributed by atoms with E-state index in [1.807, 2.05) is 0 Å². The van der Waals surface area contributed by atoms with E-state index in [0.717, 1.165) is 64.9 Å². The number of pyridine rings is 1. The molecule has 6 nitrogen and oxygen atoms in total. The summed E-state index contributed by atoms with van der Waals surface area (Å²) in [6, 6.07) is 2.13. The van der Waals surface area contributed by atoms with Gasteiger partial charge in [-0.25, -0.2) is 4.98 Å². The van der Waals surface area contributed by atoms with Crippen molar-refractivity contribution in [3.05, 3.63) is 38.2 Å². The van der Waals surface area contributed by atoms with Gasteiger partial charge in [0.2, 0.25) is 0 Å². The van der Waals surface area contributed by atoms with Gasteiger partial charge in [0.05, 0.1) is 11.3 Å². The number of amides is 2. The third-order valence-electron chi connectivity index (χ3n) is 6.91. The van der Waals surface area contributed by atoms with Crippen LogP contribution in [0.2, 0.25) is 0 Å². The summed E-state index contributed by atoms with van der Waals surface area (Å²) >= 11 is 2.77. The van der Waals surface area contributed by atoms with Crippen molar-refractivity contribution >= 4 is 55.4 Å². The predicted octanol–water partition coefficient (Wildman–Crippen LogP) is 4.93. The first-order valence-corrected chi connectivity index (χ1v) is 12.7. The first-order valence-electron chi connectivity index (χ1n) is 11.1. The maximum Gasteiger partial charge on any atom is 0.268 e. The molecule has 1 unspecified atom stereocenters. The first-order chi connectivity index (χ1) is 15.1. The molecule has 8 heteroatoms. The third-order valence-corrected chi connectivity index (χ3v) is 9.23. The standard InChI is InChI=1S/C24H28N4O2S2/c1-24(2,3)12-7-8-15-11(9-12)10-14-18(25)19(32-22(14)27-15)21(30)28-23-17(20(26)29)13-5-4-6-16(13)31-23/h10,12H,4-9,25H2,1-3H3,(H2,26,29)(H,28,30). The number of primary amides is 1. The van der Waals surface area contributed by atoms with Gasteiger partial charge in [-0.15, -0.1) is 22.7 Å². The van der Waals surface area contributed by atoms with Crippen molar-refractivity contribution in [2.75, 3.05) is 11.1 Å². The molecule has 0 saturated heterocycles. The Morgan fingerprint density at radius 1 is 1.19 bits per heavy atom. The molecule has 0 aliphatic heterocycles. The number of aryl methyl sites for hydroxylation is 2. The van der Waals surface area contributed by atoms with Gasteiger partial charge in [-0.2, -0.15) is 0 Å². The number of fused-ring (bicyclic) bond motifs is 3. The fourth-order valence-corrected chi connectivity index (χ4v) is 7.29. The van der Waals surface area contributed by atoms with Crippen molar-refractivity contribution in [1.29, 1.82) is 0 Å². The molecular weight excluding hydrogens is 440 g/mol. The van der Waals surface area contributed by atoms with Crippen molar-refractivity contribution in [2.24, 2.45) is 17.1 Å². The minimum absolute atomic E-state index is 0.247. The minimum Gasteiger partial charge on any atom is -0.397 e. The highest BCUT2D eigenvalue weighted by atomic mass is 32.1. The number of nitrogen functional groups attached to an aromatic ring is 1. The lowest BCUT2D eigenvalue weighted by atomic mass is 9.71. The summed E-state index contributed by atoms with van der Waals surface area (Å²) in [5.41, 5.74) is 16.6. The molecule has 5 rings (SSSR count). The number of nitrogens with two attached hydrogens (primary N) is 2. The van der Waals surface area contributed by atoms with Crippen LogP contribution in [0.3, 0.4) is 0 Å². The van der Waals surface area contributed by atoms with E-state index in [9.17, 15) is 9.59 Å². The quantitative estimate of drug-likeness (QED) is 0.506. The third kappa shape index (κ3) is 3.49. The molecule has 32 heavy (non-hydrogen) atoms. The Morgan fingerprint density at radius 2 is 1.97 bits per heavy atom. The van der Waals surface area contributed by atoms with Gasteiger partial charge >= 0.3 is 0 Å². The second kappa shape index (κ2) is 7.56. The van der Waals surface area contributed by atoms with Gasteiger partial charge in [-0.05, 0) is 67.1 Å². The summed E-state index contributed by atoms with van der Waals surface area (Å²) in [6.45, 7) is 6.87. The average Bonchev–Trinajstić information content (AvgIpc) is 3.38. The number of nitrogens with zero attached hydrogens (tertiary/aromatic N) is 1. The molecule has 0 spiro atoms. The van der Waals surface area contributed by atoms with Crippen molar-refractivity contribution in [3.8, 4) is 0 Å². The number of hydrogen-bond donors (Lipinski definition) is 3. The molecule has 3 heterocycles. The smallest absolute Gasteiger partial charge is 0.268 e. The lowest BCUT2D eigenvalue weighted by Crippen LogP contribution is -2.27. The molecule has 0 bridgehead atoms. The second-order valence-corrected chi connectivity index (χ2v) is 12.1. The summed E-state index contributed by atoms with van der Waals surface area (Å²) in [4.78, 5) is 32.5. The molecule has 2 amide bonds. The molecule has 5 N–H and O–H groups in total. The van der Waals surface area contributed by atoms with E-state index in [1.54, 1.807) is 0 Å². The van der Waals surface area contributed by atoms with Crippen molar-refractivity contribution in [3.63, 3.8) is 0 Å². The highest BCUT2D eigenvalue weighted by Crippen LogP contribution is 2.42. The van der Waals surface area contributed by atoms with Crippen LogP contribution in [0.5, 0.6) is 0 Å². The van der Waals surface area contributed by atoms with Crippen molar-refractivity contribution < 1.29 is 9.59 Å². The number of nitrogens with one attached hydrogen (secondary N) is 1. The Balaban J connectivity index is 1.48. The largest absolute Gasteiger partial charge is 0.397 e. The van der Waals surface area contributed by atoms with E-state index in [-0.39, 0.29) is 11.3 Å². The average molecular weight is 469 g/mol. The van der Waals surface area contributed by atoms with Crippen LogP contribution < -0.4 is 16.8 Å². The van der Waals surface area contributed by atoms with Gasteiger partial charge in [-0.1, -0.05) is 20.8 Å². The van der Waals surface area contributed by atoms with Crippen LogP contribution >= 0.6 is 22.7 Å². The summed E-state index contributed by atoms with van der Waals surface area (Å²) in [6.07, 6.45) is 5.84. The first kappa shape index (κ1) is 21.4. The molecule has 3 aromatic heterocycles. The number of rotatable bonds is 3. The Bertz CT molecular complexity index is 1270. The Hall–Kier alpha value is -2.45. The molecule has 0 fully saturated rings. The van der Waals surface area contributed by atoms with Crippen LogP contribution in [0.25, 0.3) is 10.2 Å². The van der Waals surface area contributed by atoms with Gasteiger partial charge in [0.1, 0.15) is 14.7 Å². The summed E-state index contributed by atoms with van der Waals surface area (Å²) in [7, 11) is 0. The molecule has 2 aliphatic rings. The summed E-state index contributed by atoms with van der Waals surface area (Å²) in [5.74, 6) is -0.199. The highest BCUT2D eigenvalue weighted by molar-refractivity contribution is 7.21. The lowest BCUT2D eigenvalue weighted by Gasteiger charge is -2.34. The molecular formula is C24H28N4O2S2. The van der Waals surface area contributed by atoms with Crippen LogP contribution in [0.1, 0.15) is 75.3 Å². The van der Waals surface area contributed by atoms with E-state index in [1.165, 1.54) is 28.2 Å². The van der Waals surface area contributed by atoms with Crippen molar-refractivity contribution in [2.45, 2.75) is 59.3 Å². The maximum atomic E-state index is 13.2. The molecule has 0 radical (unpaired) electrons. The van der Waals surface area contributed by atoms with E-state index < -0.39 is 5.91 Å². The van der Waals surface area contributed by atoms with E-state index in [4.69, 9.17) is 16.5 Å². The zero-order chi connectivity index (χ0) is 22.8. The number of aromatic nitrogens is 1. The molecule has 2 aliphatic carbocycles. The van der Waals surface area contributed by atoms with E-state index in [0.29, 0.717) is 27.0 Å². The zero-order valence-electron chi connectivity index (χ0n) is 18.6. The maximum absolute atomic E-state index is 13.2. The zero-order valence-corrected chi connectivity index (χ0v) is 20.3. The van der Waals surface area contributed by atoms with E-state index >= 15 is 0 Å². The Morgan fingerprint density at radius 3 is 2.69 bits per heavy atom. The number of thiophene rings is 2. The predicted molar refractivity (Wildman–Crippen MR) is 132 cm³/mol. The number of carbonyl (C=O) groups is 2. The second-order valence-electron chi connectivity index (χ2n) is 9.98. The monoisotopic (exact) mass is 468 g/mol. The number of carbonyl (C=O) groups excluding carboxylic acids is 2. The van der Waals surface area contributed by atoms with Crippen LogP contribution in [-0.2, 0) is 25.7 Å². The van der Waals surface area contributed by atoms with Gasteiger partial charge in [0, 0.05) is 16.0 Å². The van der Waals surface area contributed by atoms with Crippen LogP contribution in [0.15, 0.2) is 6.07 Å². The molecule has 0 saturated carbocycles. The van der Waals surface area contributed by atoms with Crippen LogP contribution in [-0.4, -0.2) is 16.8 Å². The highest BCUT2D eigenvalue weighted by Gasteiger charge is 2.31. The lowest BCUT2D eigenvalue weighted by molar-refractivity contribution is 0.100. The van der Waals surface area contributed by atoms with Crippen LogP contribution in [0, 0.1) is 11.3 Å². The van der Waals surface area contributed by atoms with Gasteiger partial charge < -0.3 is 16.8 Å². The van der Waals surface area contributed by atoms with Crippen molar-refractivity contribution in [1.82, 2.24) is 4.98 Å². The molecule has 168 valence electrons. The summed E-state index contributed by atoms with van der Waals surface area (Å²) in [5, 5.41) is 4.29. The van der Waals surface area contributed by atoms with Gasteiger partial charge in [0.15, 0.2) is 0 Å². The van der Waals surface area contributed by atoms with Gasteiger partial charge in [-0.3, -0.25) is 9.59 Å². The Labute approximate surface area is 195 Å². The molecule has 3 aromatic rings. The molecule has 0 aromatic carbocycles. The fraction of sp³-hybridized carbons (Fsp3) is 0.458. The fourth-order valence-electron chi connectivity index (χ4n) is 5.01. The van der Waals surface area contributed by atoms with Gasteiger partial charge in [0.25, 0.3) is 11.8 Å².